The van der Waals surface area contributed by atoms with Gasteiger partial charge in [0.1, 0.15) is 28.1 Å². The van der Waals surface area contributed by atoms with E-state index in [-0.39, 0.29) is 11.9 Å². The maximum atomic E-state index is 14.2. The summed E-state index contributed by atoms with van der Waals surface area (Å²) in [6.45, 7) is 11.3. The summed E-state index contributed by atoms with van der Waals surface area (Å²) in [5.74, 6) is -0.250. The summed E-state index contributed by atoms with van der Waals surface area (Å²) in [4.78, 5) is 4.87. The highest BCUT2D eigenvalue weighted by molar-refractivity contribution is 6.06. The molecule has 1 atom stereocenters. The van der Waals surface area contributed by atoms with Gasteiger partial charge in [-0.1, -0.05) is 5.21 Å². The number of aryl methyl sites for hydroxylation is 5. The number of rotatable bonds is 4. The van der Waals surface area contributed by atoms with Crippen molar-refractivity contribution < 1.29 is 9.50 Å². The van der Waals surface area contributed by atoms with E-state index in [9.17, 15) is 9.50 Å². The Hall–Kier alpha value is -3.59. The number of benzene rings is 1. The SMILES string of the molecule is Cc1cc(F)cc(C)c1[C@H](C)n1c2cc(-c3c(C)nnn3C)cnc2c2c1c(C(C)(C)O)nn2C. The summed E-state index contributed by atoms with van der Waals surface area (Å²) in [7, 11) is 3.73. The van der Waals surface area contributed by atoms with Crippen LogP contribution in [0.15, 0.2) is 24.4 Å². The van der Waals surface area contributed by atoms with Crippen molar-refractivity contribution in [2.75, 3.05) is 0 Å². The Morgan fingerprint density at radius 1 is 1.00 bits per heavy atom. The first-order chi connectivity index (χ1) is 16.4. The molecule has 182 valence electrons. The predicted octanol–water partition coefficient (Wildman–Crippen LogP) is 4.62. The molecule has 0 fully saturated rings. The van der Waals surface area contributed by atoms with Gasteiger partial charge in [0.2, 0.25) is 0 Å². The Labute approximate surface area is 203 Å². The van der Waals surface area contributed by atoms with Crippen molar-refractivity contribution in [1.82, 2.24) is 34.3 Å². The minimum Gasteiger partial charge on any atom is -0.384 e. The normalized spacial score (nSPS) is 13.3. The zero-order chi connectivity index (χ0) is 25.4. The van der Waals surface area contributed by atoms with Crippen LogP contribution in [0.25, 0.3) is 33.3 Å². The monoisotopic (exact) mass is 475 g/mol. The molecule has 1 N–H and O–H groups in total. The fourth-order valence-corrected chi connectivity index (χ4v) is 5.46. The third-order valence-electron chi connectivity index (χ3n) is 6.83. The molecule has 9 heteroatoms. The van der Waals surface area contributed by atoms with Gasteiger partial charge in [-0.05, 0) is 76.4 Å². The molecule has 0 unspecified atom stereocenters. The first-order valence-corrected chi connectivity index (χ1v) is 11.6. The highest BCUT2D eigenvalue weighted by Crippen LogP contribution is 2.40. The first-order valence-electron chi connectivity index (χ1n) is 11.6. The largest absolute Gasteiger partial charge is 0.384 e. The molecule has 0 aliphatic heterocycles. The molecule has 35 heavy (non-hydrogen) atoms. The van der Waals surface area contributed by atoms with E-state index in [1.807, 2.05) is 41.1 Å². The van der Waals surface area contributed by atoms with Crippen LogP contribution in [0, 0.1) is 26.6 Å². The van der Waals surface area contributed by atoms with Gasteiger partial charge >= 0.3 is 0 Å². The van der Waals surface area contributed by atoms with E-state index < -0.39 is 5.60 Å². The van der Waals surface area contributed by atoms with E-state index in [4.69, 9.17) is 4.98 Å². The topological polar surface area (TPSA) is 86.6 Å². The Balaban J connectivity index is 1.92. The van der Waals surface area contributed by atoms with Gasteiger partial charge < -0.3 is 9.67 Å². The molecule has 1 aromatic carbocycles. The summed E-state index contributed by atoms with van der Waals surface area (Å²) < 4.78 is 19.8. The van der Waals surface area contributed by atoms with Crippen LogP contribution in [-0.4, -0.2) is 39.4 Å². The van der Waals surface area contributed by atoms with Crippen molar-refractivity contribution in [2.45, 2.75) is 53.2 Å². The Morgan fingerprint density at radius 3 is 2.23 bits per heavy atom. The summed E-state index contributed by atoms with van der Waals surface area (Å²) in [5, 5.41) is 24.1. The average Bonchev–Trinajstić information content (AvgIpc) is 3.37. The lowest BCUT2D eigenvalue weighted by Gasteiger charge is -2.23. The quantitative estimate of drug-likeness (QED) is 0.410. The minimum absolute atomic E-state index is 0.177. The van der Waals surface area contributed by atoms with Gasteiger partial charge in [0.15, 0.2) is 0 Å². The molecule has 0 bridgehead atoms. The Morgan fingerprint density at radius 2 is 1.66 bits per heavy atom. The lowest BCUT2D eigenvalue weighted by Crippen LogP contribution is -2.19. The van der Waals surface area contributed by atoms with Crippen LogP contribution in [-0.2, 0) is 19.7 Å². The van der Waals surface area contributed by atoms with Gasteiger partial charge in [-0.3, -0.25) is 9.67 Å². The van der Waals surface area contributed by atoms with Gasteiger partial charge in [0.05, 0.1) is 28.5 Å². The van der Waals surface area contributed by atoms with Crippen LogP contribution >= 0.6 is 0 Å². The highest BCUT2D eigenvalue weighted by atomic mass is 19.1. The van der Waals surface area contributed by atoms with Crippen LogP contribution < -0.4 is 0 Å². The van der Waals surface area contributed by atoms with Gasteiger partial charge in [0, 0.05) is 25.9 Å². The van der Waals surface area contributed by atoms with Crippen LogP contribution in [0.3, 0.4) is 0 Å². The number of halogens is 1. The smallest absolute Gasteiger partial charge is 0.123 e. The first kappa shape index (κ1) is 23.2. The number of pyridine rings is 1. The van der Waals surface area contributed by atoms with Crippen molar-refractivity contribution in [1.29, 1.82) is 0 Å². The van der Waals surface area contributed by atoms with Crippen molar-refractivity contribution in [2.24, 2.45) is 14.1 Å². The Kier molecular flexibility index (Phi) is 5.10. The van der Waals surface area contributed by atoms with Crippen molar-refractivity contribution in [3.05, 3.63) is 58.3 Å². The second-order valence-electron chi connectivity index (χ2n) is 9.97. The number of nitrogens with zero attached hydrogens (tertiary/aromatic N) is 7. The van der Waals surface area contributed by atoms with Crippen molar-refractivity contribution in [3.8, 4) is 11.3 Å². The third-order valence-corrected chi connectivity index (χ3v) is 6.83. The fraction of sp³-hybridized carbons (Fsp3) is 0.385. The fourth-order valence-electron chi connectivity index (χ4n) is 5.46. The Bertz CT molecular complexity index is 1570. The number of hydrogen-bond acceptors (Lipinski definition) is 5. The maximum absolute atomic E-state index is 14.2. The highest BCUT2D eigenvalue weighted by Gasteiger charge is 2.31. The van der Waals surface area contributed by atoms with Crippen molar-refractivity contribution >= 4 is 22.1 Å². The predicted molar refractivity (Wildman–Crippen MR) is 134 cm³/mol. The summed E-state index contributed by atoms with van der Waals surface area (Å²) in [5.41, 5.74) is 8.09. The van der Waals surface area contributed by atoms with E-state index in [0.717, 1.165) is 55.7 Å². The van der Waals surface area contributed by atoms with Crippen LogP contribution in [0.2, 0.25) is 0 Å². The second-order valence-corrected chi connectivity index (χ2v) is 9.97. The van der Waals surface area contributed by atoms with Gasteiger partial charge in [-0.15, -0.1) is 5.10 Å². The number of aliphatic hydroxyl groups is 1. The molecule has 0 spiro atoms. The van der Waals surface area contributed by atoms with Gasteiger partial charge in [-0.2, -0.15) is 5.10 Å². The minimum atomic E-state index is -1.18. The molecule has 0 amide bonds. The van der Waals surface area contributed by atoms with E-state index >= 15 is 0 Å². The molecule has 4 aromatic heterocycles. The average molecular weight is 476 g/mol. The summed E-state index contributed by atoms with van der Waals surface area (Å²) >= 11 is 0. The van der Waals surface area contributed by atoms with Gasteiger partial charge in [0.25, 0.3) is 0 Å². The number of hydrogen-bond donors (Lipinski definition) is 1. The molecule has 0 radical (unpaired) electrons. The van der Waals surface area contributed by atoms with Gasteiger partial charge in [-0.25, -0.2) is 9.07 Å². The number of aromatic nitrogens is 7. The molecule has 8 nitrogen and oxygen atoms in total. The molecule has 4 heterocycles. The molecule has 0 aliphatic rings. The molecule has 0 aliphatic carbocycles. The van der Waals surface area contributed by atoms with Crippen LogP contribution in [0.4, 0.5) is 4.39 Å². The zero-order valence-electron chi connectivity index (χ0n) is 21.3. The third kappa shape index (κ3) is 3.44. The maximum Gasteiger partial charge on any atom is 0.123 e. The van der Waals surface area contributed by atoms with Crippen molar-refractivity contribution in [3.63, 3.8) is 0 Å². The van der Waals surface area contributed by atoms with E-state index in [0.29, 0.717) is 5.69 Å². The van der Waals surface area contributed by atoms with E-state index in [1.165, 1.54) is 0 Å². The van der Waals surface area contributed by atoms with Crippen LogP contribution in [0.5, 0.6) is 0 Å². The summed E-state index contributed by atoms with van der Waals surface area (Å²) in [6.07, 6.45) is 1.83. The lowest BCUT2D eigenvalue weighted by molar-refractivity contribution is 0.0743. The second kappa shape index (κ2) is 7.71. The standard InChI is InChI=1S/C26H30FN7O/c1-13-9-18(27)10-14(2)20(13)16(4)34-19-11-17(22-15(3)29-31-33(22)8)12-28-21(19)23-24(34)25(26(5,6)35)30-32(23)7/h9-12,16,35H,1-8H3/t16-/m0/s1. The zero-order valence-corrected chi connectivity index (χ0v) is 21.3. The van der Waals surface area contributed by atoms with E-state index in [1.54, 1.807) is 35.3 Å². The molecule has 0 saturated carbocycles. The lowest BCUT2D eigenvalue weighted by atomic mass is 9.96. The molecule has 5 rings (SSSR count). The number of fused-ring (bicyclic) bond motifs is 3. The molecule has 0 saturated heterocycles. The summed E-state index contributed by atoms with van der Waals surface area (Å²) in [6, 6.07) is 5.04. The molecular formula is C26H30FN7O. The molecular weight excluding hydrogens is 445 g/mol. The molecule has 5 aromatic rings. The van der Waals surface area contributed by atoms with E-state index in [2.05, 4.69) is 33.0 Å². The van der Waals surface area contributed by atoms with Crippen LogP contribution in [0.1, 0.15) is 54.9 Å².